The van der Waals surface area contributed by atoms with Gasteiger partial charge in [0.15, 0.2) is 0 Å². The third-order valence-corrected chi connectivity index (χ3v) is 3.39. The van der Waals surface area contributed by atoms with Crippen molar-refractivity contribution in [1.82, 2.24) is 0 Å². The molecular weight excluding hydrogens is 256 g/mol. The molecule has 112 valence electrons. The summed E-state index contributed by atoms with van der Waals surface area (Å²) in [5.41, 5.74) is 1.29. The van der Waals surface area contributed by atoms with Gasteiger partial charge in [-0.25, -0.2) is 0 Å². The summed E-state index contributed by atoms with van der Waals surface area (Å²) in [7, 11) is 0. The predicted molar refractivity (Wildman–Crippen MR) is 81.0 cm³/mol. The summed E-state index contributed by atoms with van der Waals surface area (Å²) in [6.45, 7) is 6.98. The molecule has 0 unspecified atom stereocenters. The number of nitrogens with zero attached hydrogens (tertiary/aromatic N) is 2. The molecule has 5 nitrogen and oxygen atoms in total. The van der Waals surface area contributed by atoms with Crippen LogP contribution in [0.15, 0.2) is 18.2 Å². The van der Waals surface area contributed by atoms with Gasteiger partial charge in [0.2, 0.25) is 0 Å². The normalized spacial score (nSPS) is 10.8. The van der Waals surface area contributed by atoms with E-state index in [1.54, 1.807) is 12.1 Å². The molecule has 0 saturated carbocycles. The van der Waals surface area contributed by atoms with E-state index in [9.17, 15) is 15.2 Å². The Morgan fingerprint density at radius 2 is 2.05 bits per heavy atom. The van der Waals surface area contributed by atoms with Gasteiger partial charge < -0.3 is 10.0 Å². The maximum Gasteiger partial charge on any atom is 0.275 e. The minimum absolute atomic E-state index is 0.0199. The summed E-state index contributed by atoms with van der Waals surface area (Å²) in [6, 6.07) is 5.29. The van der Waals surface area contributed by atoms with Gasteiger partial charge in [0.1, 0.15) is 0 Å². The summed E-state index contributed by atoms with van der Waals surface area (Å²) >= 11 is 0. The van der Waals surface area contributed by atoms with Crippen LogP contribution in [-0.4, -0.2) is 22.6 Å². The summed E-state index contributed by atoms with van der Waals surface area (Å²) in [5.74, 6) is 0. The molecule has 1 aromatic rings. The molecule has 1 rings (SSSR count). The topological polar surface area (TPSA) is 66.6 Å². The quantitative estimate of drug-likeness (QED) is 0.449. The number of nitro groups is 1. The molecular formula is C15H24N2O3. The van der Waals surface area contributed by atoms with Crippen LogP contribution in [0.1, 0.15) is 45.6 Å². The van der Waals surface area contributed by atoms with Crippen molar-refractivity contribution >= 4 is 11.4 Å². The number of nitro benzene ring substituents is 1. The molecule has 0 heterocycles. The lowest BCUT2D eigenvalue weighted by Crippen LogP contribution is -2.31. The van der Waals surface area contributed by atoms with E-state index in [1.165, 1.54) is 12.5 Å². The molecule has 0 radical (unpaired) electrons. The fourth-order valence-electron chi connectivity index (χ4n) is 2.27. The first-order valence-corrected chi connectivity index (χ1v) is 7.16. The third kappa shape index (κ3) is 4.20. The van der Waals surface area contributed by atoms with Gasteiger partial charge in [0, 0.05) is 24.3 Å². The molecule has 0 fully saturated rings. The number of unbranched alkanes of at least 4 members (excludes halogenated alkanes) is 2. The number of anilines is 1. The Bertz CT molecular complexity index is 447. The number of rotatable bonds is 8. The lowest BCUT2D eigenvalue weighted by molar-refractivity contribution is -0.385. The number of aliphatic hydroxyl groups excluding tert-OH is 1. The van der Waals surface area contributed by atoms with Gasteiger partial charge in [0.05, 0.1) is 17.1 Å². The van der Waals surface area contributed by atoms with Crippen LogP contribution in [0.5, 0.6) is 0 Å². The first kappa shape index (κ1) is 16.4. The second-order valence-corrected chi connectivity index (χ2v) is 5.22. The van der Waals surface area contributed by atoms with Gasteiger partial charge in [-0.05, 0) is 32.4 Å². The van der Waals surface area contributed by atoms with Crippen molar-refractivity contribution in [3.8, 4) is 0 Å². The van der Waals surface area contributed by atoms with Gasteiger partial charge in [-0.3, -0.25) is 10.1 Å². The lowest BCUT2D eigenvalue weighted by atomic mass is 10.1. The van der Waals surface area contributed by atoms with Crippen LogP contribution >= 0.6 is 0 Å². The average Bonchev–Trinajstić information content (AvgIpc) is 2.42. The Kier molecular flexibility index (Phi) is 6.45. The van der Waals surface area contributed by atoms with E-state index < -0.39 is 4.92 Å². The van der Waals surface area contributed by atoms with E-state index in [2.05, 4.69) is 25.7 Å². The predicted octanol–water partition coefficient (Wildman–Crippen LogP) is 3.49. The van der Waals surface area contributed by atoms with Crippen molar-refractivity contribution in [3.05, 3.63) is 33.9 Å². The van der Waals surface area contributed by atoms with Crippen LogP contribution in [0.25, 0.3) is 0 Å². The minimum atomic E-state index is -0.452. The second kappa shape index (κ2) is 7.85. The van der Waals surface area contributed by atoms with E-state index in [1.807, 2.05) is 0 Å². The first-order valence-electron chi connectivity index (χ1n) is 7.16. The molecule has 0 aromatic heterocycles. The zero-order valence-electron chi connectivity index (χ0n) is 12.5. The Morgan fingerprint density at radius 1 is 1.35 bits per heavy atom. The second-order valence-electron chi connectivity index (χ2n) is 5.22. The van der Waals surface area contributed by atoms with Crippen molar-refractivity contribution < 1.29 is 10.0 Å². The van der Waals surface area contributed by atoms with Gasteiger partial charge in [-0.15, -0.1) is 0 Å². The SMILES string of the molecule is CCCCCN(c1ccc([N+](=O)[O-])c(CO)c1)C(C)C. The van der Waals surface area contributed by atoms with Crippen molar-refractivity contribution in [2.75, 3.05) is 11.4 Å². The van der Waals surface area contributed by atoms with Gasteiger partial charge in [0.25, 0.3) is 5.69 Å². The zero-order chi connectivity index (χ0) is 15.1. The molecule has 0 bridgehead atoms. The highest BCUT2D eigenvalue weighted by molar-refractivity contribution is 5.56. The fraction of sp³-hybridized carbons (Fsp3) is 0.600. The fourth-order valence-corrected chi connectivity index (χ4v) is 2.27. The Morgan fingerprint density at radius 3 is 2.55 bits per heavy atom. The van der Waals surface area contributed by atoms with E-state index in [0.29, 0.717) is 11.6 Å². The lowest BCUT2D eigenvalue weighted by Gasteiger charge is -2.29. The molecule has 0 aliphatic carbocycles. The molecule has 1 N–H and O–H groups in total. The van der Waals surface area contributed by atoms with E-state index in [4.69, 9.17) is 0 Å². The van der Waals surface area contributed by atoms with Gasteiger partial charge in [-0.2, -0.15) is 0 Å². The highest BCUT2D eigenvalue weighted by atomic mass is 16.6. The first-order chi connectivity index (χ1) is 9.51. The van der Waals surface area contributed by atoms with Crippen LogP contribution in [0, 0.1) is 10.1 Å². The molecule has 1 aromatic carbocycles. The highest BCUT2D eigenvalue weighted by Crippen LogP contribution is 2.26. The van der Waals surface area contributed by atoms with Crippen LogP contribution in [-0.2, 0) is 6.61 Å². The summed E-state index contributed by atoms with van der Waals surface area (Å²) < 4.78 is 0. The third-order valence-electron chi connectivity index (χ3n) is 3.39. The molecule has 0 aliphatic heterocycles. The maximum absolute atomic E-state index is 10.9. The summed E-state index contributed by atoms with van der Waals surface area (Å²) in [6.07, 6.45) is 3.43. The molecule has 0 saturated heterocycles. The summed E-state index contributed by atoms with van der Waals surface area (Å²) in [4.78, 5) is 12.7. The van der Waals surface area contributed by atoms with Crippen LogP contribution < -0.4 is 4.90 Å². The zero-order valence-corrected chi connectivity index (χ0v) is 12.5. The number of hydrogen-bond donors (Lipinski definition) is 1. The standard InChI is InChI=1S/C15H24N2O3/c1-4-5-6-9-16(12(2)3)14-7-8-15(17(19)20)13(10-14)11-18/h7-8,10,12,18H,4-6,9,11H2,1-3H3. The monoisotopic (exact) mass is 280 g/mol. The van der Waals surface area contributed by atoms with Crippen molar-refractivity contribution in [1.29, 1.82) is 0 Å². The van der Waals surface area contributed by atoms with E-state index in [0.717, 1.165) is 25.1 Å². The average molecular weight is 280 g/mol. The van der Waals surface area contributed by atoms with Crippen LogP contribution in [0.4, 0.5) is 11.4 Å². The minimum Gasteiger partial charge on any atom is -0.391 e. The highest BCUT2D eigenvalue weighted by Gasteiger charge is 2.17. The van der Waals surface area contributed by atoms with Crippen molar-refractivity contribution in [2.45, 2.75) is 52.7 Å². The molecule has 20 heavy (non-hydrogen) atoms. The summed E-state index contributed by atoms with van der Waals surface area (Å²) in [5, 5.41) is 20.2. The smallest absolute Gasteiger partial charge is 0.275 e. The Hall–Kier alpha value is -1.62. The van der Waals surface area contributed by atoms with Gasteiger partial charge in [-0.1, -0.05) is 19.8 Å². The number of benzene rings is 1. The molecule has 0 spiro atoms. The Balaban J connectivity index is 2.99. The largest absolute Gasteiger partial charge is 0.391 e. The number of aliphatic hydroxyl groups is 1. The van der Waals surface area contributed by atoms with Crippen molar-refractivity contribution in [2.24, 2.45) is 0 Å². The molecule has 0 amide bonds. The molecule has 5 heteroatoms. The van der Waals surface area contributed by atoms with Gasteiger partial charge >= 0.3 is 0 Å². The maximum atomic E-state index is 10.9. The number of hydrogen-bond acceptors (Lipinski definition) is 4. The molecule has 0 aliphatic rings. The van der Waals surface area contributed by atoms with E-state index in [-0.39, 0.29) is 12.3 Å². The van der Waals surface area contributed by atoms with Crippen molar-refractivity contribution in [3.63, 3.8) is 0 Å². The molecule has 0 atom stereocenters. The Labute approximate surface area is 120 Å². The van der Waals surface area contributed by atoms with Crippen LogP contribution in [0.2, 0.25) is 0 Å². The van der Waals surface area contributed by atoms with E-state index >= 15 is 0 Å². The van der Waals surface area contributed by atoms with Crippen LogP contribution in [0.3, 0.4) is 0 Å².